The van der Waals surface area contributed by atoms with Crippen LogP contribution in [-0.4, -0.2) is 28.0 Å². The predicted molar refractivity (Wildman–Crippen MR) is 94.0 cm³/mol. The Morgan fingerprint density at radius 2 is 1.96 bits per heavy atom. The van der Waals surface area contributed by atoms with Crippen LogP contribution in [0.25, 0.3) is 11.3 Å². The molecule has 1 atom stereocenters. The second kappa shape index (κ2) is 5.84. The quantitative estimate of drug-likeness (QED) is 0.720. The molecule has 4 rings (SSSR count). The van der Waals surface area contributed by atoms with Gasteiger partial charge in [-0.25, -0.2) is 0 Å². The van der Waals surface area contributed by atoms with Crippen LogP contribution in [0.1, 0.15) is 34.2 Å². The molecule has 1 aliphatic heterocycles. The van der Waals surface area contributed by atoms with Gasteiger partial charge < -0.3 is 9.42 Å². The monoisotopic (exact) mass is 333 g/mol. The summed E-state index contributed by atoms with van der Waals surface area (Å²) in [6.07, 6.45) is 2.20. The molecule has 3 heterocycles. The summed E-state index contributed by atoms with van der Waals surface area (Å²) in [4.78, 5) is 18.8. The number of amides is 1. The third-order valence-electron chi connectivity index (χ3n) is 4.84. The average molecular weight is 333 g/mol. The molecular weight excluding hydrogens is 314 g/mol. The Labute approximate surface area is 146 Å². The van der Waals surface area contributed by atoms with Gasteiger partial charge in [0.1, 0.15) is 5.76 Å². The number of aryl methyl sites for hydroxylation is 2. The van der Waals surface area contributed by atoms with Crippen LogP contribution in [0.15, 0.2) is 47.1 Å². The van der Waals surface area contributed by atoms with Crippen molar-refractivity contribution in [2.45, 2.75) is 26.3 Å². The molecule has 0 unspecified atom stereocenters. The lowest BCUT2D eigenvalue weighted by molar-refractivity contribution is -0.131. The van der Waals surface area contributed by atoms with Crippen LogP contribution in [0.3, 0.4) is 0 Å². The van der Waals surface area contributed by atoms with Crippen LogP contribution < -0.4 is 0 Å². The van der Waals surface area contributed by atoms with Crippen molar-refractivity contribution >= 4 is 5.91 Å². The first-order valence-corrected chi connectivity index (χ1v) is 8.29. The maximum absolute atomic E-state index is 12.4. The van der Waals surface area contributed by atoms with Gasteiger partial charge in [0, 0.05) is 13.2 Å². The molecular formula is C20H19N3O2. The molecule has 1 aliphatic rings. The second-order valence-electron chi connectivity index (χ2n) is 6.46. The fourth-order valence-electron chi connectivity index (χ4n) is 3.57. The van der Waals surface area contributed by atoms with Gasteiger partial charge in [-0.3, -0.25) is 9.78 Å². The highest BCUT2D eigenvalue weighted by molar-refractivity contribution is 5.82. The Morgan fingerprint density at radius 3 is 2.64 bits per heavy atom. The van der Waals surface area contributed by atoms with E-state index in [2.05, 4.69) is 28.3 Å². The summed E-state index contributed by atoms with van der Waals surface area (Å²) in [5, 5.41) is 4.03. The lowest BCUT2D eigenvalue weighted by atomic mass is 9.88. The van der Waals surface area contributed by atoms with E-state index in [4.69, 9.17) is 4.52 Å². The molecule has 1 amide bonds. The number of pyridine rings is 1. The highest BCUT2D eigenvalue weighted by atomic mass is 16.5. The van der Waals surface area contributed by atoms with Crippen LogP contribution in [0, 0.1) is 13.8 Å². The standard InChI is InChI=1S/C20H19N3O2/c1-12-19(13(2)25-22-12)17-10-16-15(11-21-17)9-18(24)23(3)20(16)14-7-5-4-6-8-14/h4-8,10-11,20H,9H2,1-3H3/t20-/m0/s1. The fourth-order valence-corrected chi connectivity index (χ4v) is 3.57. The van der Waals surface area contributed by atoms with Crippen molar-refractivity contribution in [3.05, 3.63) is 70.7 Å². The summed E-state index contributed by atoms with van der Waals surface area (Å²) in [6.45, 7) is 3.80. The van der Waals surface area contributed by atoms with Crippen molar-refractivity contribution < 1.29 is 9.32 Å². The molecule has 0 radical (unpaired) electrons. The molecule has 0 N–H and O–H groups in total. The van der Waals surface area contributed by atoms with Crippen molar-refractivity contribution in [2.24, 2.45) is 0 Å². The summed E-state index contributed by atoms with van der Waals surface area (Å²) >= 11 is 0. The van der Waals surface area contributed by atoms with Crippen LogP contribution in [-0.2, 0) is 11.2 Å². The van der Waals surface area contributed by atoms with Gasteiger partial charge in [-0.15, -0.1) is 0 Å². The highest BCUT2D eigenvalue weighted by Crippen LogP contribution is 2.37. The second-order valence-corrected chi connectivity index (χ2v) is 6.46. The summed E-state index contributed by atoms with van der Waals surface area (Å²) < 4.78 is 5.29. The molecule has 25 heavy (non-hydrogen) atoms. The predicted octanol–water partition coefficient (Wildman–Crippen LogP) is 3.46. The number of carbonyl (C=O) groups excluding carboxylic acids is 1. The van der Waals surface area contributed by atoms with E-state index in [1.165, 1.54) is 0 Å². The summed E-state index contributed by atoms with van der Waals surface area (Å²) in [6, 6.07) is 12.1. The molecule has 5 nitrogen and oxygen atoms in total. The van der Waals surface area contributed by atoms with Gasteiger partial charge in [0.05, 0.1) is 29.4 Å². The number of fused-ring (bicyclic) bond motifs is 1. The lowest BCUT2D eigenvalue weighted by Gasteiger charge is -2.35. The third kappa shape index (κ3) is 2.52. The van der Waals surface area contributed by atoms with Gasteiger partial charge >= 0.3 is 0 Å². The Balaban J connectivity index is 1.90. The van der Waals surface area contributed by atoms with E-state index in [9.17, 15) is 4.79 Å². The fraction of sp³-hybridized carbons (Fsp3) is 0.250. The molecule has 2 aromatic heterocycles. The van der Waals surface area contributed by atoms with E-state index < -0.39 is 0 Å². The maximum Gasteiger partial charge on any atom is 0.227 e. The zero-order valence-corrected chi connectivity index (χ0v) is 14.5. The first-order valence-electron chi connectivity index (χ1n) is 8.29. The van der Waals surface area contributed by atoms with Gasteiger partial charge in [-0.05, 0) is 36.6 Å². The first kappa shape index (κ1) is 15.6. The zero-order chi connectivity index (χ0) is 17.6. The molecule has 0 bridgehead atoms. The number of hydrogen-bond acceptors (Lipinski definition) is 4. The minimum Gasteiger partial charge on any atom is -0.361 e. The number of likely N-dealkylation sites (N-methyl/N-ethyl adjacent to an activating group) is 1. The molecule has 0 saturated carbocycles. The zero-order valence-electron chi connectivity index (χ0n) is 14.5. The first-order chi connectivity index (χ1) is 12.1. The van der Waals surface area contributed by atoms with E-state index in [-0.39, 0.29) is 11.9 Å². The normalized spacial score (nSPS) is 16.8. The number of carbonyl (C=O) groups is 1. The molecule has 3 aromatic rings. The SMILES string of the molecule is Cc1noc(C)c1-c1cc2c(cn1)CC(=O)N(C)[C@H]2c1ccccc1. The van der Waals surface area contributed by atoms with E-state index in [0.29, 0.717) is 6.42 Å². The number of nitrogens with zero attached hydrogens (tertiary/aromatic N) is 3. The van der Waals surface area contributed by atoms with Gasteiger partial charge in [0.2, 0.25) is 5.91 Å². The van der Waals surface area contributed by atoms with E-state index in [0.717, 1.165) is 39.4 Å². The molecule has 5 heteroatoms. The van der Waals surface area contributed by atoms with Gasteiger partial charge in [-0.1, -0.05) is 35.5 Å². The van der Waals surface area contributed by atoms with Crippen molar-refractivity contribution in [1.82, 2.24) is 15.0 Å². The van der Waals surface area contributed by atoms with Crippen LogP contribution >= 0.6 is 0 Å². The third-order valence-corrected chi connectivity index (χ3v) is 4.84. The average Bonchev–Trinajstić information content (AvgIpc) is 2.95. The topological polar surface area (TPSA) is 59.2 Å². The Hall–Kier alpha value is -2.95. The van der Waals surface area contributed by atoms with E-state index in [1.54, 1.807) is 0 Å². The van der Waals surface area contributed by atoms with Crippen molar-refractivity contribution in [3.8, 4) is 11.3 Å². The van der Waals surface area contributed by atoms with Gasteiger partial charge in [0.15, 0.2) is 0 Å². The van der Waals surface area contributed by atoms with E-state index in [1.807, 2.05) is 50.2 Å². The minimum atomic E-state index is -0.111. The lowest BCUT2D eigenvalue weighted by Crippen LogP contribution is -2.37. The Morgan fingerprint density at radius 1 is 1.20 bits per heavy atom. The number of rotatable bonds is 2. The maximum atomic E-state index is 12.4. The Bertz CT molecular complexity index is 927. The van der Waals surface area contributed by atoms with Crippen LogP contribution in [0.4, 0.5) is 0 Å². The minimum absolute atomic E-state index is 0.105. The molecule has 0 aliphatic carbocycles. The number of aromatic nitrogens is 2. The van der Waals surface area contributed by atoms with Crippen molar-refractivity contribution in [2.75, 3.05) is 7.05 Å². The Kier molecular flexibility index (Phi) is 3.64. The molecule has 1 aromatic carbocycles. The van der Waals surface area contributed by atoms with Crippen molar-refractivity contribution in [3.63, 3.8) is 0 Å². The molecule has 126 valence electrons. The van der Waals surface area contributed by atoms with Crippen LogP contribution in [0.5, 0.6) is 0 Å². The summed E-state index contributed by atoms with van der Waals surface area (Å²) in [7, 11) is 1.86. The van der Waals surface area contributed by atoms with E-state index >= 15 is 0 Å². The van der Waals surface area contributed by atoms with Crippen molar-refractivity contribution in [1.29, 1.82) is 0 Å². The smallest absolute Gasteiger partial charge is 0.227 e. The largest absolute Gasteiger partial charge is 0.361 e. The molecule has 0 fully saturated rings. The number of benzene rings is 1. The van der Waals surface area contributed by atoms with Gasteiger partial charge in [0.25, 0.3) is 0 Å². The van der Waals surface area contributed by atoms with Gasteiger partial charge in [-0.2, -0.15) is 0 Å². The highest BCUT2D eigenvalue weighted by Gasteiger charge is 2.32. The molecule has 0 spiro atoms. The number of hydrogen-bond donors (Lipinski definition) is 0. The summed E-state index contributed by atoms with van der Waals surface area (Å²) in [5.74, 6) is 0.856. The molecule has 0 saturated heterocycles. The van der Waals surface area contributed by atoms with Crippen LogP contribution in [0.2, 0.25) is 0 Å². The summed E-state index contributed by atoms with van der Waals surface area (Å²) in [5.41, 5.74) is 5.76.